The minimum absolute atomic E-state index is 0.681. The van der Waals surface area contributed by atoms with E-state index < -0.39 is 0 Å². The van der Waals surface area contributed by atoms with Crippen LogP contribution in [-0.4, -0.2) is 4.98 Å². The zero-order chi connectivity index (χ0) is 7.56. The number of pyridine rings is 1. The van der Waals surface area contributed by atoms with Gasteiger partial charge in [0.15, 0.2) is 0 Å². The van der Waals surface area contributed by atoms with E-state index in [1.807, 2.05) is 19.1 Å². The van der Waals surface area contributed by atoms with E-state index in [9.17, 15) is 0 Å². The fraction of sp³-hybridized carbons (Fsp3) is 0.125. The smallest absolute Gasteiger partial charge is 0.0856 e. The van der Waals surface area contributed by atoms with E-state index in [4.69, 9.17) is 5.73 Å². The van der Waals surface area contributed by atoms with Gasteiger partial charge in [0.05, 0.1) is 11.4 Å². The second-order valence-corrected chi connectivity index (χ2v) is 2.13. The van der Waals surface area contributed by atoms with Gasteiger partial charge in [0.25, 0.3) is 0 Å². The molecular weight excluding hydrogens is 124 g/mol. The Morgan fingerprint density at radius 1 is 1.60 bits per heavy atom. The van der Waals surface area contributed by atoms with Gasteiger partial charge in [0.2, 0.25) is 0 Å². The second-order valence-electron chi connectivity index (χ2n) is 2.13. The maximum atomic E-state index is 5.57. The van der Waals surface area contributed by atoms with Crippen molar-refractivity contribution in [2.45, 2.75) is 6.92 Å². The zero-order valence-electron chi connectivity index (χ0n) is 5.96. The molecule has 10 heavy (non-hydrogen) atoms. The molecule has 2 nitrogen and oxygen atoms in total. The lowest BCUT2D eigenvalue weighted by Crippen LogP contribution is -1.93. The van der Waals surface area contributed by atoms with Crippen LogP contribution < -0.4 is 5.73 Å². The summed E-state index contributed by atoms with van der Waals surface area (Å²) in [4.78, 5) is 4.15. The van der Waals surface area contributed by atoms with Crippen molar-refractivity contribution in [1.29, 1.82) is 0 Å². The third kappa shape index (κ3) is 1.16. The Morgan fingerprint density at radius 3 is 2.80 bits per heavy atom. The van der Waals surface area contributed by atoms with Crippen LogP contribution >= 0.6 is 0 Å². The van der Waals surface area contributed by atoms with E-state index in [1.165, 1.54) is 0 Å². The van der Waals surface area contributed by atoms with Gasteiger partial charge in [-0.05, 0) is 25.1 Å². The summed E-state index contributed by atoms with van der Waals surface area (Å²) in [5.41, 5.74) is 7.97. The summed E-state index contributed by atoms with van der Waals surface area (Å²) in [5.74, 6) is 0. The minimum atomic E-state index is 0.681. The molecule has 0 radical (unpaired) electrons. The standard InChI is InChI=1S/C8H10N2/c1-3-8-7(9)5-4-6(2)10-8/h3-5H,1,9H2,2H3. The van der Waals surface area contributed by atoms with Crippen LogP contribution in [0.5, 0.6) is 0 Å². The lowest BCUT2D eigenvalue weighted by molar-refractivity contribution is 1.19. The first-order valence-corrected chi connectivity index (χ1v) is 3.09. The predicted octanol–water partition coefficient (Wildman–Crippen LogP) is 1.62. The molecule has 0 saturated heterocycles. The molecule has 2 N–H and O–H groups in total. The van der Waals surface area contributed by atoms with E-state index >= 15 is 0 Å². The fourth-order valence-electron chi connectivity index (χ4n) is 0.751. The number of nitrogens with zero attached hydrogens (tertiary/aromatic N) is 1. The molecule has 1 heterocycles. The van der Waals surface area contributed by atoms with Gasteiger partial charge in [-0.3, -0.25) is 4.98 Å². The van der Waals surface area contributed by atoms with Crippen LogP contribution in [0.25, 0.3) is 6.08 Å². The molecular formula is C8H10N2. The highest BCUT2D eigenvalue weighted by Crippen LogP contribution is 2.09. The summed E-state index contributed by atoms with van der Waals surface area (Å²) < 4.78 is 0. The van der Waals surface area contributed by atoms with Gasteiger partial charge in [-0.1, -0.05) is 6.58 Å². The van der Waals surface area contributed by atoms with Crippen LogP contribution in [-0.2, 0) is 0 Å². The number of aryl methyl sites for hydroxylation is 1. The third-order valence-electron chi connectivity index (χ3n) is 1.29. The zero-order valence-corrected chi connectivity index (χ0v) is 5.96. The van der Waals surface area contributed by atoms with E-state index in [0.29, 0.717) is 5.69 Å². The molecule has 0 atom stereocenters. The number of anilines is 1. The first-order chi connectivity index (χ1) is 4.74. The van der Waals surface area contributed by atoms with Crippen molar-refractivity contribution in [3.8, 4) is 0 Å². The minimum Gasteiger partial charge on any atom is -0.397 e. The van der Waals surface area contributed by atoms with Crippen LogP contribution in [0.4, 0.5) is 5.69 Å². The number of hydrogen-bond donors (Lipinski definition) is 1. The predicted molar refractivity (Wildman–Crippen MR) is 43.5 cm³/mol. The highest BCUT2D eigenvalue weighted by atomic mass is 14.7. The van der Waals surface area contributed by atoms with E-state index in [2.05, 4.69) is 11.6 Å². The van der Waals surface area contributed by atoms with Gasteiger partial charge in [-0.15, -0.1) is 0 Å². The van der Waals surface area contributed by atoms with Crippen LogP contribution in [0.2, 0.25) is 0 Å². The van der Waals surface area contributed by atoms with Crippen molar-refractivity contribution in [1.82, 2.24) is 4.98 Å². The van der Waals surface area contributed by atoms with Crippen molar-refractivity contribution < 1.29 is 0 Å². The molecule has 2 heteroatoms. The fourth-order valence-corrected chi connectivity index (χ4v) is 0.751. The molecule has 0 spiro atoms. The van der Waals surface area contributed by atoms with Crippen molar-refractivity contribution in [3.05, 3.63) is 30.1 Å². The largest absolute Gasteiger partial charge is 0.397 e. The molecule has 0 bridgehead atoms. The quantitative estimate of drug-likeness (QED) is 0.633. The average Bonchev–Trinajstić information content (AvgIpc) is 1.94. The summed E-state index contributed by atoms with van der Waals surface area (Å²) >= 11 is 0. The normalized spacial score (nSPS) is 9.30. The first-order valence-electron chi connectivity index (χ1n) is 3.09. The Morgan fingerprint density at radius 2 is 2.30 bits per heavy atom. The second kappa shape index (κ2) is 2.52. The highest BCUT2D eigenvalue weighted by Gasteiger charge is 1.93. The summed E-state index contributed by atoms with van der Waals surface area (Å²) in [7, 11) is 0. The first kappa shape index (κ1) is 6.81. The molecule has 0 aliphatic carbocycles. The lowest BCUT2D eigenvalue weighted by Gasteiger charge is -1.98. The van der Waals surface area contributed by atoms with Crippen LogP contribution in [0, 0.1) is 6.92 Å². The Labute approximate surface area is 60.4 Å². The SMILES string of the molecule is C=Cc1nc(C)ccc1N. The Kier molecular flexibility index (Phi) is 1.71. The molecule has 0 unspecified atom stereocenters. The molecule has 0 fully saturated rings. The number of nitrogens with two attached hydrogens (primary N) is 1. The molecule has 0 aromatic carbocycles. The number of nitrogen functional groups attached to an aromatic ring is 1. The van der Waals surface area contributed by atoms with Gasteiger partial charge in [0.1, 0.15) is 0 Å². The average molecular weight is 134 g/mol. The van der Waals surface area contributed by atoms with Gasteiger partial charge in [0, 0.05) is 5.69 Å². The topological polar surface area (TPSA) is 38.9 Å². The van der Waals surface area contributed by atoms with E-state index in [-0.39, 0.29) is 0 Å². The summed E-state index contributed by atoms with van der Waals surface area (Å²) in [5, 5.41) is 0. The Balaban J connectivity index is 3.21. The van der Waals surface area contributed by atoms with Crippen LogP contribution in [0.1, 0.15) is 11.4 Å². The molecule has 0 amide bonds. The molecule has 1 aromatic rings. The highest BCUT2D eigenvalue weighted by molar-refractivity contribution is 5.59. The monoisotopic (exact) mass is 134 g/mol. The Bertz CT molecular complexity index is 253. The summed E-state index contributed by atoms with van der Waals surface area (Å²) in [6.45, 7) is 5.51. The molecule has 1 aromatic heterocycles. The van der Waals surface area contributed by atoms with Crippen molar-refractivity contribution >= 4 is 11.8 Å². The third-order valence-corrected chi connectivity index (χ3v) is 1.29. The van der Waals surface area contributed by atoms with Crippen LogP contribution in [0.15, 0.2) is 18.7 Å². The lowest BCUT2D eigenvalue weighted by atomic mass is 10.2. The van der Waals surface area contributed by atoms with E-state index in [1.54, 1.807) is 6.08 Å². The molecule has 0 aliphatic rings. The summed E-state index contributed by atoms with van der Waals surface area (Å²) in [6.07, 6.45) is 1.66. The number of aromatic nitrogens is 1. The summed E-state index contributed by atoms with van der Waals surface area (Å²) in [6, 6.07) is 3.71. The van der Waals surface area contributed by atoms with Gasteiger partial charge >= 0.3 is 0 Å². The number of hydrogen-bond acceptors (Lipinski definition) is 2. The maximum Gasteiger partial charge on any atom is 0.0856 e. The van der Waals surface area contributed by atoms with Gasteiger partial charge in [-0.25, -0.2) is 0 Å². The van der Waals surface area contributed by atoms with E-state index in [0.717, 1.165) is 11.4 Å². The van der Waals surface area contributed by atoms with Gasteiger partial charge in [-0.2, -0.15) is 0 Å². The van der Waals surface area contributed by atoms with Crippen molar-refractivity contribution in [2.75, 3.05) is 5.73 Å². The molecule has 0 saturated carbocycles. The maximum absolute atomic E-state index is 5.57. The van der Waals surface area contributed by atoms with Crippen LogP contribution in [0.3, 0.4) is 0 Å². The van der Waals surface area contributed by atoms with Crippen molar-refractivity contribution in [3.63, 3.8) is 0 Å². The van der Waals surface area contributed by atoms with Gasteiger partial charge < -0.3 is 5.73 Å². The molecule has 52 valence electrons. The number of rotatable bonds is 1. The van der Waals surface area contributed by atoms with Crippen molar-refractivity contribution in [2.24, 2.45) is 0 Å². The molecule has 0 aliphatic heterocycles. The Hall–Kier alpha value is -1.31. The molecule has 1 rings (SSSR count).